The van der Waals surface area contributed by atoms with Gasteiger partial charge in [0.15, 0.2) is 0 Å². The van der Waals surface area contributed by atoms with E-state index in [1.54, 1.807) is 6.07 Å². The van der Waals surface area contributed by atoms with E-state index in [-0.39, 0.29) is 5.56 Å². The molecule has 1 aromatic heterocycles. The van der Waals surface area contributed by atoms with Crippen LogP contribution in [0.5, 0.6) is 0 Å². The first-order chi connectivity index (χ1) is 8.16. The highest BCUT2D eigenvalue weighted by atomic mass is 79.9. The van der Waals surface area contributed by atoms with E-state index in [1.807, 2.05) is 30.3 Å². The van der Waals surface area contributed by atoms with Crippen molar-refractivity contribution in [3.63, 3.8) is 0 Å². The molecule has 4 heteroatoms. The van der Waals surface area contributed by atoms with E-state index in [0.717, 1.165) is 15.7 Å². The Kier molecular flexibility index (Phi) is 3.54. The highest BCUT2D eigenvalue weighted by Crippen LogP contribution is 2.14. The predicted octanol–water partition coefficient (Wildman–Crippen LogP) is 2.82. The molecule has 2 rings (SSSR count). The molecule has 0 N–H and O–H groups in total. The van der Waals surface area contributed by atoms with Crippen LogP contribution in [0.25, 0.3) is 11.3 Å². The van der Waals surface area contributed by atoms with Crippen LogP contribution in [0.3, 0.4) is 0 Å². The van der Waals surface area contributed by atoms with Gasteiger partial charge in [-0.25, -0.2) is 4.68 Å². The molecule has 0 unspecified atom stereocenters. The number of hydrogen-bond donors (Lipinski definition) is 0. The van der Waals surface area contributed by atoms with Crippen molar-refractivity contribution in [1.82, 2.24) is 9.78 Å². The molecule has 0 bridgehead atoms. The summed E-state index contributed by atoms with van der Waals surface area (Å²) in [5.41, 5.74) is 1.63. The van der Waals surface area contributed by atoms with Gasteiger partial charge in [-0.05, 0) is 6.07 Å². The molecule has 0 saturated carbocycles. The van der Waals surface area contributed by atoms with E-state index < -0.39 is 0 Å². The minimum absolute atomic E-state index is 0.134. The van der Waals surface area contributed by atoms with Crippen LogP contribution in [0.15, 0.2) is 58.3 Å². The lowest BCUT2D eigenvalue weighted by Gasteiger charge is -2.05. The third kappa shape index (κ3) is 2.91. The summed E-state index contributed by atoms with van der Waals surface area (Å²) in [7, 11) is 0. The second-order valence-electron chi connectivity index (χ2n) is 3.60. The van der Waals surface area contributed by atoms with Gasteiger partial charge >= 0.3 is 0 Å². The molecule has 0 aliphatic rings. The number of nitrogens with zero attached hydrogens (tertiary/aromatic N) is 2. The Morgan fingerprint density at radius 1 is 1.24 bits per heavy atom. The van der Waals surface area contributed by atoms with Gasteiger partial charge in [0.1, 0.15) is 0 Å². The topological polar surface area (TPSA) is 34.9 Å². The number of allylic oxidation sites excluding steroid dienone is 1. The third-order valence-corrected chi connectivity index (χ3v) is 2.51. The lowest BCUT2D eigenvalue weighted by molar-refractivity contribution is 0.652. The summed E-state index contributed by atoms with van der Waals surface area (Å²) >= 11 is 3.23. The minimum atomic E-state index is -0.134. The van der Waals surface area contributed by atoms with Crippen LogP contribution in [0, 0.1) is 0 Å². The number of aromatic nitrogens is 2. The molecule has 0 radical (unpaired) electrons. The first-order valence-electron chi connectivity index (χ1n) is 5.14. The number of hydrogen-bond acceptors (Lipinski definition) is 2. The largest absolute Gasteiger partial charge is 0.268 e. The summed E-state index contributed by atoms with van der Waals surface area (Å²) in [6.07, 6.45) is 0. The SMILES string of the molecule is C=C(Br)Cn1nc(-c2ccccc2)ccc1=O. The molecule has 3 nitrogen and oxygen atoms in total. The average Bonchev–Trinajstić information content (AvgIpc) is 2.32. The standard InChI is InChI=1S/C13H11BrN2O/c1-10(14)9-16-13(17)8-7-12(15-16)11-5-3-2-4-6-11/h2-8H,1,9H2. The van der Waals surface area contributed by atoms with Crippen molar-refractivity contribution in [1.29, 1.82) is 0 Å². The molecule has 86 valence electrons. The zero-order valence-electron chi connectivity index (χ0n) is 9.14. The monoisotopic (exact) mass is 290 g/mol. The summed E-state index contributed by atoms with van der Waals surface area (Å²) in [6.45, 7) is 4.09. The molecule has 0 saturated heterocycles. The molecule has 0 aliphatic heterocycles. The third-order valence-electron chi connectivity index (χ3n) is 2.26. The molecular weight excluding hydrogens is 280 g/mol. The van der Waals surface area contributed by atoms with Gasteiger partial charge in [-0.1, -0.05) is 52.8 Å². The Bertz CT molecular complexity index is 590. The smallest absolute Gasteiger partial charge is 0.267 e. The van der Waals surface area contributed by atoms with Crippen molar-refractivity contribution in [3.05, 3.63) is 63.9 Å². The van der Waals surface area contributed by atoms with Gasteiger partial charge < -0.3 is 0 Å². The van der Waals surface area contributed by atoms with Crippen LogP contribution in [0.2, 0.25) is 0 Å². The van der Waals surface area contributed by atoms with Gasteiger partial charge in [0.25, 0.3) is 5.56 Å². The summed E-state index contributed by atoms with van der Waals surface area (Å²) < 4.78 is 2.11. The molecule has 1 aromatic carbocycles. The van der Waals surface area contributed by atoms with E-state index >= 15 is 0 Å². The summed E-state index contributed by atoms with van der Waals surface area (Å²) in [6, 6.07) is 13.0. The first kappa shape index (κ1) is 11.8. The van der Waals surface area contributed by atoms with E-state index in [0.29, 0.717) is 6.54 Å². The quantitative estimate of drug-likeness (QED) is 0.871. The Balaban J connectivity index is 2.44. The summed E-state index contributed by atoms with van der Waals surface area (Å²) in [5.74, 6) is 0. The minimum Gasteiger partial charge on any atom is -0.268 e. The first-order valence-corrected chi connectivity index (χ1v) is 5.93. The average molecular weight is 291 g/mol. The fourth-order valence-corrected chi connectivity index (χ4v) is 1.73. The molecule has 0 amide bonds. The van der Waals surface area contributed by atoms with Crippen LogP contribution in [-0.4, -0.2) is 9.78 Å². The zero-order chi connectivity index (χ0) is 12.3. The van der Waals surface area contributed by atoms with Crippen LogP contribution in [0.1, 0.15) is 0 Å². The normalized spacial score (nSPS) is 10.2. The Hall–Kier alpha value is -1.68. The van der Waals surface area contributed by atoms with E-state index in [1.165, 1.54) is 10.7 Å². The second-order valence-corrected chi connectivity index (χ2v) is 4.72. The molecule has 0 atom stereocenters. The Morgan fingerprint density at radius 2 is 1.94 bits per heavy atom. The summed E-state index contributed by atoms with van der Waals surface area (Å²) in [4.78, 5) is 11.6. The molecule has 2 aromatic rings. The van der Waals surface area contributed by atoms with Crippen molar-refractivity contribution in [2.45, 2.75) is 6.54 Å². The van der Waals surface area contributed by atoms with Crippen LogP contribution >= 0.6 is 15.9 Å². The van der Waals surface area contributed by atoms with Gasteiger partial charge in [0.2, 0.25) is 0 Å². The molecule has 1 heterocycles. The lowest BCUT2D eigenvalue weighted by Crippen LogP contribution is -2.22. The Morgan fingerprint density at radius 3 is 2.59 bits per heavy atom. The number of benzene rings is 1. The van der Waals surface area contributed by atoms with E-state index in [9.17, 15) is 4.79 Å². The van der Waals surface area contributed by atoms with Crippen molar-refractivity contribution in [2.24, 2.45) is 0 Å². The maximum absolute atomic E-state index is 11.6. The molecular formula is C13H11BrN2O. The Labute approximate surface area is 108 Å². The highest BCUT2D eigenvalue weighted by Gasteiger charge is 2.03. The molecule has 0 aliphatic carbocycles. The molecule has 17 heavy (non-hydrogen) atoms. The lowest BCUT2D eigenvalue weighted by atomic mass is 10.1. The van der Waals surface area contributed by atoms with Gasteiger partial charge in [0, 0.05) is 16.1 Å². The zero-order valence-corrected chi connectivity index (χ0v) is 10.7. The van der Waals surface area contributed by atoms with Gasteiger partial charge in [-0.3, -0.25) is 4.79 Å². The molecule has 0 fully saturated rings. The fourth-order valence-electron chi connectivity index (χ4n) is 1.49. The highest BCUT2D eigenvalue weighted by molar-refractivity contribution is 9.11. The van der Waals surface area contributed by atoms with Crippen molar-refractivity contribution < 1.29 is 0 Å². The van der Waals surface area contributed by atoms with Crippen molar-refractivity contribution in [3.8, 4) is 11.3 Å². The second kappa shape index (κ2) is 5.10. The predicted molar refractivity (Wildman–Crippen MR) is 72.0 cm³/mol. The van der Waals surface area contributed by atoms with E-state index in [2.05, 4.69) is 27.6 Å². The van der Waals surface area contributed by atoms with Crippen molar-refractivity contribution in [2.75, 3.05) is 0 Å². The maximum atomic E-state index is 11.6. The van der Waals surface area contributed by atoms with Crippen LogP contribution in [-0.2, 0) is 6.54 Å². The number of rotatable bonds is 3. The van der Waals surface area contributed by atoms with Gasteiger partial charge in [-0.2, -0.15) is 5.10 Å². The van der Waals surface area contributed by atoms with Gasteiger partial charge in [-0.15, -0.1) is 0 Å². The fraction of sp³-hybridized carbons (Fsp3) is 0.0769. The van der Waals surface area contributed by atoms with Crippen molar-refractivity contribution >= 4 is 15.9 Å². The van der Waals surface area contributed by atoms with E-state index in [4.69, 9.17) is 0 Å². The van der Waals surface area contributed by atoms with Crippen LogP contribution in [0.4, 0.5) is 0 Å². The maximum Gasteiger partial charge on any atom is 0.267 e. The summed E-state index contributed by atoms with van der Waals surface area (Å²) in [5, 5.41) is 4.30. The van der Waals surface area contributed by atoms with Crippen LogP contribution < -0.4 is 5.56 Å². The van der Waals surface area contributed by atoms with Gasteiger partial charge in [0.05, 0.1) is 12.2 Å². The molecule has 0 spiro atoms. The number of halogens is 1.